The first-order valence-electron chi connectivity index (χ1n) is 4.08. The first kappa shape index (κ1) is 8.94. The van der Waals surface area contributed by atoms with Gasteiger partial charge >= 0.3 is 0 Å². The zero-order valence-electron chi connectivity index (χ0n) is 6.89. The van der Waals surface area contributed by atoms with Crippen LogP contribution in [0.5, 0.6) is 0 Å². The summed E-state index contributed by atoms with van der Waals surface area (Å²) in [6.45, 7) is 1.32. The van der Waals surface area contributed by atoms with Crippen LogP contribution in [0.25, 0.3) is 0 Å². The quantitative estimate of drug-likeness (QED) is 0.752. The summed E-state index contributed by atoms with van der Waals surface area (Å²) in [5.41, 5.74) is 0.404. The maximum Gasteiger partial charge on any atom is 0.138 e. The molecule has 1 N–H and O–H groups in total. The molecule has 13 heavy (non-hydrogen) atoms. The first-order valence-corrected chi connectivity index (χ1v) is 4.46. The molecule has 0 saturated carbocycles. The molecule has 1 aliphatic rings. The molecule has 70 valence electrons. The lowest BCUT2D eigenvalue weighted by Crippen LogP contribution is -2.15. The van der Waals surface area contributed by atoms with E-state index in [1.54, 1.807) is 12.1 Å². The van der Waals surface area contributed by atoms with E-state index in [1.165, 1.54) is 6.07 Å². The van der Waals surface area contributed by atoms with Crippen LogP contribution in [-0.2, 0) is 4.74 Å². The summed E-state index contributed by atoms with van der Waals surface area (Å²) in [6, 6.07) is 4.62. The fourth-order valence-corrected chi connectivity index (χ4v) is 1.63. The molecular weight excluding hydrogens is 193 g/mol. The first-order chi connectivity index (χ1) is 6.29. The normalized spacial score (nSPS) is 22.2. The summed E-state index contributed by atoms with van der Waals surface area (Å²) in [5, 5.41) is 3.41. The predicted molar refractivity (Wildman–Crippen MR) is 48.1 cm³/mol. The highest BCUT2D eigenvalue weighted by Crippen LogP contribution is 2.27. The van der Waals surface area contributed by atoms with Gasteiger partial charge in [0.05, 0.1) is 11.6 Å². The highest BCUT2D eigenvalue weighted by Gasteiger charge is 2.22. The van der Waals surface area contributed by atoms with E-state index in [-0.39, 0.29) is 5.82 Å². The lowest BCUT2D eigenvalue weighted by Gasteiger charge is -2.12. The number of halogens is 2. The number of nitrogens with one attached hydrogen (secondary N) is 1. The van der Waals surface area contributed by atoms with E-state index in [9.17, 15) is 4.39 Å². The second-order valence-electron chi connectivity index (χ2n) is 2.84. The molecule has 0 spiro atoms. The van der Waals surface area contributed by atoms with Crippen molar-refractivity contribution in [2.45, 2.75) is 6.23 Å². The molecule has 0 bridgehead atoms. The largest absolute Gasteiger partial charge is 0.358 e. The molecule has 0 radical (unpaired) electrons. The van der Waals surface area contributed by atoms with Crippen LogP contribution >= 0.6 is 11.6 Å². The third-order valence-electron chi connectivity index (χ3n) is 1.98. The smallest absolute Gasteiger partial charge is 0.138 e. The summed E-state index contributed by atoms with van der Waals surface area (Å²) in [7, 11) is 0. The molecule has 1 saturated heterocycles. The van der Waals surface area contributed by atoms with Gasteiger partial charge in [0.2, 0.25) is 0 Å². The Morgan fingerprint density at radius 1 is 1.54 bits per heavy atom. The van der Waals surface area contributed by atoms with Crippen LogP contribution in [0.1, 0.15) is 11.8 Å². The van der Waals surface area contributed by atoms with Gasteiger partial charge in [-0.3, -0.25) is 5.32 Å². The monoisotopic (exact) mass is 201 g/mol. The van der Waals surface area contributed by atoms with Crippen LogP contribution in [0.2, 0.25) is 5.02 Å². The van der Waals surface area contributed by atoms with Gasteiger partial charge in [-0.2, -0.15) is 0 Å². The van der Waals surface area contributed by atoms with E-state index in [2.05, 4.69) is 5.32 Å². The molecule has 1 heterocycles. The van der Waals surface area contributed by atoms with E-state index >= 15 is 0 Å². The molecule has 1 fully saturated rings. The fraction of sp³-hybridized carbons (Fsp3) is 0.333. The second-order valence-corrected chi connectivity index (χ2v) is 3.25. The average molecular weight is 202 g/mol. The van der Waals surface area contributed by atoms with Gasteiger partial charge in [-0.1, -0.05) is 17.7 Å². The number of benzene rings is 1. The SMILES string of the molecule is Fc1cccc(Cl)c1C1NCCO1. The number of hydrogen-bond acceptors (Lipinski definition) is 2. The Balaban J connectivity index is 2.37. The van der Waals surface area contributed by atoms with Gasteiger partial charge < -0.3 is 4.74 Å². The van der Waals surface area contributed by atoms with Crippen LogP contribution in [-0.4, -0.2) is 13.2 Å². The summed E-state index contributed by atoms with van der Waals surface area (Å²) >= 11 is 5.85. The van der Waals surface area contributed by atoms with E-state index in [0.29, 0.717) is 17.2 Å². The van der Waals surface area contributed by atoms with Gasteiger partial charge in [0.1, 0.15) is 12.0 Å². The Morgan fingerprint density at radius 2 is 2.38 bits per heavy atom. The van der Waals surface area contributed by atoms with Gasteiger partial charge in [-0.15, -0.1) is 0 Å². The highest BCUT2D eigenvalue weighted by atomic mass is 35.5. The Morgan fingerprint density at radius 3 is 3.00 bits per heavy atom. The Kier molecular flexibility index (Phi) is 2.49. The van der Waals surface area contributed by atoms with Crippen molar-refractivity contribution in [1.29, 1.82) is 0 Å². The minimum atomic E-state index is -0.395. The van der Waals surface area contributed by atoms with Crippen LogP contribution < -0.4 is 5.32 Å². The van der Waals surface area contributed by atoms with Gasteiger partial charge in [-0.05, 0) is 12.1 Å². The van der Waals surface area contributed by atoms with Crippen molar-refractivity contribution < 1.29 is 9.13 Å². The van der Waals surface area contributed by atoms with Crippen molar-refractivity contribution in [3.8, 4) is 0 Å². The average Bonchev–Trinajstić information content (AvgIpc) is 2.57. The summed E-state index contributed by atoms with van der Waals surface area (Å²) < 4.78 is 18.6. The Bertz CT molecular complexity index is 292. The topological polar surface area (TPSA) is 21.3 Å². The lowest BCUT2D eigenvalue weighted by molar-refractivity contribution is 0.0990. The molecule has 0 aliphatic carbocycles. The molecule has 4 heteroatoms. The van der Waals surface area contributed by atoms with Crippen LogP contribution in [0.15, 0.2) is 18.2 Å². The molecule has 1 unspecified atom stereocenters. The summed E-state index contributed by atoms with van der Waals surface area (Å²) in [4.78, 5) is 0. The molecule has 1 aromatic carbocycles. The van der Waals surface area contributed by atoms with Gasteiger partial charge in [0, 0.05) is 12.1 Å². The van der Waals surface area contributed by atoms with Crippen molar-refractivity contribution in [3.63, 3.8) is 0 Å². The lowest BCUT2D eigenvalue weighted by atomic mass is 10.2. The van der Waals surface area contributed by atoms with Gasteiger partial charge in [-0.25, -0.2) is 4.39 Å². The standard InChI is InChI=1S/C9H9ClFNO/c10-6-2-1-3-7(11)8(6)9-12-4-5-13-9/h1-3,9,12H,4-5H2. The second kappa shape index (κ2) is 3.62. The van der Waals surface area contributed by atoms with Crippen LogP contribution in [0.4, 0.5) is 4.39 Å². The number of rotatable bonds is 1. The van der Waals surface area contributed by atoms with Crippen molar-refractivity contribution in [1.82, 2.24) is 5.32 Å². The maximum atomic E-state index is 13.3. The van der Waals surface area contributed by atoms with E-state index in [1.807, 2.05) is 0 Å². The molecule has 0 aromatic heterocycles. The minimum Gasteiger partial charge on any atom is -0.358 e. The Hall–Kier alpha value is -0.640. The molecule has 1 aromatic rings. The third-order valence-corrected chi connectivity index (χ3v) is 2.31. The highest BCUT2D eigenvalue weighted by molar-refractivity contribution is 6.31. The number of hydrogen-bond donors (Lipinski definition) is 1. The van der Waals surface area contributed by atoms with Crippen molar-refractivity contribution >= 4 is 11.6 Å². The summed E-state index contributed by atoms with van der Waals surface area (Å²) in [5.74, 6) is -0.327. The molecule has 2 rings (SSSR count). The van der Waals surface area contributed by atoms with Gasteiger partial charge in [0.25, 0.3) is 0 Å². The zero-order chi connectivity index (χ0) is 9.26. The van der Waals surface area contributed by atoms with E-state index in [0.717, 1.165) is 6.54 Å². The predicted octanol–water partition coefficient (Wildman–Crippen LogP) is 2.10. The maximum absolute atomic E-state index is 13.3. The van der Waals surface area contributed by atoms with Crippen LogP contribution in [0, 0.1) is 5.82 Å². The molecule has 1 aliphatic heterocycles. The minimum absolute atomic E-state index is 0.327. The molecule has 2 nitrogen and oxygen atoms in total. The Labute approximate surface area is 80.7 Å². The third kappa shape index (κ3) is 1.68. The molecule has 1 atom stereocenters. The number of ether oxygens (including phenoxy) is 1. The molecule has 0 amide bonds. The fourth-order valence-electron chi connectivity index (χ4n) is 1.37. The van der Waals surface area contributed by atoms with E-state index in [4.69, 9.17) is 16.3 Å². The van der Waals surface area contributed by atoms with E-state index < -0.39 is 6.23 Å². The van der Waals surface area contributed by atoms with Crippen molar-refractivity contribution in [2.75, 3.05) is 13.2 Å². The van der Waals surface area contributed by atoms with Crippen LogP contribution in [0.3, 0.4) is 0 Å². The van der Waals surface area contributed by atoms with Gasteiger partial charge in [0.15, 0.2) is 0 Å². The molecular formula is C9H9ClFNO. The summed E-state index contributed by atoms with van der Waals surface area (Å²) in [6.07, 6.45) is -0.395. The zero-order valence-corrected chi connectivity index (χ0v) is 7.64. The van der Waals surface area contributed by atoms with Crippen molar-refractivity contribution in [2.24, 2.45) is 0 Å². The van der Waals surface area contributed by atoms with Crippen molar-refractivity contribution in [3.05, 3.63) is 34.6 Å².